The van der Waals surface area contributed by atoms with Crippen molar-refractivity contribution in [3.63, 3.8) is 0 Å². The first kappa shape index (κ1) is 20.1. The Hall–Kier alpha value is -3.22. The van der Waals surface area contributed by atoms with Crippen LogP contribution in [0.25, 0.3) is 0 Å². The van der Waals surface area contributed by atoms with Gasteiger partial charge in [-0.2, -0.15) is 5.10 Å². The number of carbonyl (C=O) groups excluding carboxylic acids is 2. The minimum absolute atomic E-state index is 0.0227. The maximum atomic E-state index is 13.6. The van der Waals surface area contributed by atoms with Gasteiger partial charge in [-0.1, -0.05) is 31.2 Å². The van der Waals surface area contributed by atoms with E-state index in [1.165, 1.54) is 31.3 Å². The van der Waals surface area contributed by atoms with Gasteiger partial charge in [-0.25, -0.2) is 9.82 Å². The maximum absolute atomic E-state index is 13.6. The van der Waals surface area contributed by atoms with Crippen LogP contribution in [0.1, 0.15) is 25.8 Å². The van der Waals surface area contributed by atoms with E-state index in [4.69, 9.17) is 4.74 Å². The van der Waals surface area contributed by atoms with Gasteiger partial charge in [-0.15, -0.1) is 0 Å². The molecule has 0 bridgehead atoms. The van der Waals surface area contributed by atoms with Gasteiger partial charge in [0.2, 0.25) is 5.91 Å². The Morgan fingerprint density at radius 3 is 2.70 bits per heavy atom. The fraction of sp³-hybridized carbons (Fsp3) is 0.250. The molecule has 0 heterocycles. The summed E-state index contributed by atoms with van der Waals surface area (Å²) in [4.78, 5) is 24.1. The molecular weight excluding hydrogens is 349 g/mol. The Kier molecular flexibility index (Phi) is 7.49. The summed E-state index contributed by atoms with van der Waals surface area (Å²) in [6.45, 7) is 4.05. The van der Waals surface area contributed by atoms with Crippen LogP contribution in [-0.2, 0) is 9.59 Å². The molecule has 0 fully saturated rings. The Balaban J connectivity index is 1.89. The lowest BCUT2D eigenvalue weighted by molar-refractivity contribution is -0.131. The van der Waals surface area contributed by atoms with Crippen LogP contribution in [-0.4, -0.2) is 24.6 Å². The van der Waals surface area contributed by atoms with Crippen LogP contribution in [0.15, 0.2) is 53.6 Å². The van der Waals surface area contributed by atoms with Gasteiger partial charge in [-0.3, -0.25) is 9.59 Å². The predicted octanol–water partition coefficient (Wildman–Crippen LogP) is 3.34. The highest BCUT2D eigenvalue weighted by Gasteiger charge is 2.22. The normalized spacial score (nSPS) is 11.8. The van der Waals surface area contributed by atoms with Crippen molar-refractivity contribution in [2.24, 2.45) is 11.0 Å². The lowest BCUT2D eigenvalue weighted by Gasteiger charge is -2.11. The van der Waals surface area contributed by atoms with Crippen molar-refractivity contribution in [1.29, 1.82) is 0 Å². The van der Waals surface area contributed by atoms with Crippen LogP contribution >= 0.6 is 0 Å². The molecule has 2 aromatic carbocycles. The van der Waals surface area contributed by atoms with Gasteiger partial charge < -0.3 is 10.1 Å². The molecule has 142 valence electrons. The molecule has 0 spiro atoms. The molecule has 0 saturated heterocycles. The molecule has 6 nitrogen and oxygen atoms in total. The highest BCUT2D eigenvalue weighted by Crippen LogP contribution is 2.14. The molecule has 1 unspecified atom stereocenters. The zero-order valence-corrected chi connectivity index (χ0v) is 15.2. The molecule has 7 heteroatoms. The Morgan fingerprint density at radius 1 is 1.19 bits per heavy atom. The summed E-state index contributed by atoms with van der Waals surface area (Å²) >= 11 is 0. The van der Waals surface area contributed by atoms with Gasteiger partial charge >= 0.3 is 0 Å². The number of benzene rings is 2. The quantitative estimate of drug-likeness (QED) is 0.424. The highest BCUT2D eigenvalue weighted by molar-refractivity contribution is 6.06. The number of rotatable bonds is 8. The zero-order chi connectivity index (χ0) is 19.6. The topological polar surface area (TPSA) is 79.8 Å². The van der Waals surface area contributed by atoms with E-state index in [0.717, 1.165) is 12.0 Å². The predicted molar refractivity (Wildman–Crippen MR) is 102 cm³/mol. The first-order valence-electron chi connectivity index (χ1n) is 8.62. The Bertz CT molecular complexity index is 824. The second-order valence-corrected chi connectivity index (χ2v) is 5.85. The number of ether oxygens (including phenoxy) is 1. The molecule has 0 aliphatic rings. The number of para-hydroxylation sites is 1. The number of amides is 2. The summed E-state index contributed by atoms with van der Waals surface area (Å²) in [6.07, 6.45) is 2.36. The van der Waals surface area contributed by atoms with Gasteiger partial charge in [0.05, 0.1) is 18.5 Å². The van der Waals surface area contributed by atoms with E-state index >= 15 is 0 Å². The van der Waals surface area contributed by atoms with Gasteiger partial charge in [0.1, 0.15) is 17.5 Å². The number of hydrazone groups is 1. The molecule has 2 N–H and O–H groups in total. The van der Waals surface area contributed by atoms with Crippen molar-refractivity contribution < 1.29 is 18.7 Å². The van der Waals surface area contributed by atoms with E-state index in [2.05, 4.69) is 15.8 Å². The fourth-order valence-electron chi connectivity index (χ4n) is 2.09. The minimum atomic E-state index is -1.04. The molecule has 0 aliphatic carbocycles. The molecule has 1 atom stereocenters. The van der Waals surface area contributed by atoms with Crippen molar-refractivity contribution in [1.82, 2.24) is 5.43 Å². The van der Waals surface area contributed by atoms with Crippen LogP contribution in [0.4, 0.5) is 10.1 Å². The molecular formula is C20H22FN3O3. The molecule has 0 aromatic heterocycles. The van der Waals surface area contributed by atoms with Crippen LogP contribution < -0.4 is 15.5 Å². The summed E-state index contributed by atoms with van der Waals surface area (Å²) in [5.41, 5.74) is 3.08. The van der Waals surface area contributed by atoms with Crippen molar-refractivity contribution in [3.05, 3.63) is 59.9 Å². The molecule has 0 aliphatic heterocycles. The summed E-state index contributed by atoms with van der Waals surface area (Å²) in [5.74, 6) is -2.12. The third kappa shape index (κ3) is 6.22. The number of hydrogen-bond donors (Lipinski definition) is 2. The summed E-state index contributed by atoms with van der Waals surface area (Å²) < 4.78 is 19.1. The molecule has 27 heavy (non-hydrogen) atoms. The number of carbonyl (C=O) groups is 2. The zero-order valence-electron chi connectivity index (χ0n) is 15.2. The molecule has 0 radical (unpaired) electrons. The van der Waals surface area contributed by atoms with Crippen LogP contribution in [0.5, 0.6) is 5.75 Å². The van der Waals surface area contributed by atoms with Gasteiger partial charge in [0.25, 0.3) is 5.91 Å². The standard InChI is InChI=1S/C20H22FN3O3/c1-3-11-27-16-8-6-7-15(12-16)13-22-24-20(26)14(2)19(25)23-18-10-5-4-9-17(18)21/h4-10,12-14H,3,11H2,1-2H3,(H,23,25)(H,24,26). The highest BCUT2D eigenvalue weighted by atomic mass is 19.1. The lowest BCUT2D eigenvalue weighted by atomic mass is 10.1. The number of hydrogen-bond acceptors (Lipinski definition) is 4. The fourth-order valence-corrected chi connectivity index (χ4v) is 2.09. The first-order chi connectivity index (χ1) is 13.0. The van der Waals surface area contributed by atoms with E-state index in [1.54, 1.807) is 12.1 Å². The number of nitrogens with zero attached hydrogens (tertiary/aromatic N) is 1. The average Bonchev–Trinajstić information content (AvgIpc) is 2.67. The summed E-state index contributed by atoms with van der Waals surface area (Å²) in [7, 11) is 0. The van der Waals surface area contributed by atoms with E-state index < -0.39 is 23.5 Å². The second-order valence-electron chi connectivity index (χ2n) is 5.85. The van der Waals surface area contributed by atoms with Crippen molar-refractivity contribution in [3.8, 4) is 5.75 Å². The SMILES string of the molecule is CCCOc1cccc(C=NNC(=O)C(C)C(=O)Nc2ccccc2F)c1. The summed E-state index contributed by atoms with van der Waals surface area (Å²) in [6, 6.07) is 13.0. The molecule has 2 rings (SSSR count). The first-order valence-corrected chi connectivity index (χ1v) is 8.62. The average molecular weight is 371 g/mol. The second kappa shape index (κ2) is 10.1. The largest absolute Gasteiger partial charge is 0.494 e. The van der Waals surface area contributed by atoms with Gasteiger partial charge in [0.15, 0.2) is 0 Å². The molecule has 2 amide bonds. The molecule has 0 saturated carbocycles. The van der Waals surface area contributed by atoms with Crippen LogP contribution in [0, 0.1) is 11.7 Å². The number of halogens is 1. The van der Waals surface area contributed by atoms with E-state index in [0.29, 0.717) is 12.4 Å². The van der Waals surface area contributed by atoms with E-state index in [9.17, 15) is 14.0 Å². The van der Waals surface area contributed by atoms with Crippen LogP contribution in [0.3, 0.4) is 0 Å². The maximum Gasteiger partial charge on any atom is 0.252 e. The number of anilines is 1. The summed E-state index contributed by atoms with van der Waals surface area (Å²) in [5, 5.41) is 6.24. The minimum Gasteiger partial charge on any atom is -0.494 e. The Labute approximate surface area is 157 Å². The van der Waals surface area contributed by atoms with Gasteiger partial charge in [0, 0.05) is 0 Å². The van der Waals surface area contributed by atoms with Crippen LogP contribution in [0.2, 0.25) is 0 Å². The van der Waals surface area contributed by atoms with E-state index in [1.807, 2.05) is 25.1 Å². The molecule has 2 aromatic rings. The van der Waals surface area contributed by atoms with Crippen molar-refractivity contribution in [2.75, 3.05) is 11.9 Å². The smallest absolute Gasteiger partial charge is 0.252 e. The third-order valence-corrected chi connectivity index (χ3v) is 3.64. The Morgan fingerprint density at radius 2 is 1.96 bits per heavy atom. The number of nitrogens with one attached hydrogen (secondary N) is 2. The van der Waals surface area contributed by atoms with Gasteiger partial charge in [-0.05, 0) is 43.2 Å². The van der Waals surface area contributed by atoms with E-state index in [-0.39, 0.29) is 5.69 Å². The monoisotopic (exact) mass is 371 g/mol. The third-order valence-electron chi connectivity index (χ3n) is 3.64. The van der Waals surface area contributed by atoms with Crippen molar-refractivity contribution >= 4 is 23.7 Å². The lowest BCUT2D eigenvalue weighted by Crippen LogP contribution is -2.34. The van der Waals surface area contributed by atoms with Crippen molar-refractivity contribution in [2.45, 2.75) is 20.3 Å².